The summed E-state index contributed by atoms with van der Waals surface area (Å²) in [6.45, 7) is 0.360. The average molecular weight is 798 g/mol. The van der Waals surface area contributed by atoms with Gasteiger partial charge < -0.3 is 24.3 Å². The Morgan fingerprint density at radius 3 is 2.07 bits per heavy atom. The summed E-state index contributed by atoms with van der Waals surface area (Å²) in [5.74, 6) is 0.851. The van der Waals surface area contributed by atoms with E-state index in [9.17, 15) is 14.7 Å². The van der Waals surface area contributed by atoms with Gasteiger partial charge in [-0.15, -0.1) is 0 Å². The number of nitrogens with zero attached hydrogens (tertiary/aromatic N) is 1. The molecular formula is C47H47N3O7S. The smallest absolute Gasteiger partial charge is 0.256 e. The summed E-state index contributed by atoms with van der Waals surface area (Å²) in [5.41, 5.74) is 10.1. The highest BCUT2D eigenvalue weighted by molar-refractivity contribution is 7.99. The number of amides is 2. The number of aromatic nitrogens is 1. The number of hydrogen-bond donors (Lipinski definition) is 4. The quantitative estimate of drug-likeness (QED) is 0.0307. The molecule has 1 aliphatic rings. The molecule has 5 aromatic carbocycles. The third-order valence-corrected chi connectivity index (χ3v) is 11.1. The Kier molecular flexibility index (Phi) is 14.2. The number of rotatable bonds is 17. The average Bonchev–Trinajstić information content (AvgIpc) is 3.72. The number of ether oxygens (including phenoxy) is 2. The van der Waals surface area contributed by atoms with E-state index in [0.717, 1.165) is 62.4 Å². The Morgan fingerprint density at radius 2 is 1.36 bits per heavy atom. The fourth-order valence-electron chi connectivity index (χ4n) is 6.99. The summed E-state index contributed by atoms with van der Waals surface area (Å²) in [6.07, 6.45) is 2.16. The van der Waals surface area contributed by atoms with Crippen molar-refractivity contribution < 1.29 is 33.8 Å². The third-order valence-electron chi connectivity index (χ3n) is 10.1. The van der Waals surface area contributed by atoms with Gasteiger partial charge in [-0.25, -0.2) is 10.5 Å². The first-order valence-electron chi connectivity index (χ1n) is 19.6. The van der Waals surface area contributed by atoms with E-state index in [-0.39, 0.29) is 31.1 Å². The predicted molar refractivity (Wildman–Crippen MR) is 223 cm³/mol. The molecule has 2 heterocycles. The van der Waals surface area contributed by atoms with Crippen molar-refractivity contribution in [3.63, 3.8) is 0 Å². The molecule has 4 N–H and O–H groups in total. The normalized spacial score (nSPS) is 16.5. The van der Waals surface area contributed by atoms with Gasteiger partial charge in [-0.3, -0.25) is 14.8 Å². The molecule has 0 unspecified atom stereocenters. The number of hydrogen-bond acceptors (Lipinski definition) is 9. The molecule has 1 aliphatic heterocycles. The van der Waals surface area contributed by atoms with Crippen LogP contribution in [0.1, 0.15) is 73.2 Å². The lowest BCUT2D eigenvalue weighted by Crippen LogP contribution is -2.31. The molecule has 2 amide bonds. The van der Waals surface area contributed by atoms with Gasteiger partial charge in [0.2, 0.25) is 11.8 Å². The second-order valence-electron chi connectivity index (χ2n) is 14.2. The number of aliphatic hydroxyl groups excluding tert-OH is 1. The highest BCUT2D eigenvalue weighted by atomic mass is 32.2. The van der Waals surface area contributed by atoms with Gasteiger partial charge in [0.25, 0.3) is 5.22 Å². The Hall–Kier alpha value is -5.56. The standard InChI is InChI=1S/C47H47N3O7S/c51-30-32-20-22-34(23-21-32)41-28-39(31-58-47-49-44(35-12-4-1-5-13-35)45(57-47)36-14-6-2-7-15-36)55-46(56-41)37-26-24-33(25-27-37)40-17-11-10-16-38(40)29-48-42(52)18-8-3-9-19-43(53)50-54/h1-2,4-7,10-17,20-27,39,41,46,51,54H,3,8-9,18-19,28-31H2,(H,48,52)(H,50,53)/t39-,41+,46+/m1/s1. The molecule has 0 saturated carbocycles. The lowest BCUT2D eigenvalue weighted by atomic mass is 9.97. The molecule has 7 rings (SSSR count). The first kappa shape index (κ1) is 40.6. The first-order chi connectivity index (χ1) is 28.5. The zero-order chi connectivity index (χ0) is 40.1. The van der Waals surface area contributed by atoms with Gasteiger partial charge in [0.15, 0.2) is 12.1 Å². The van der Waals surface area contributed by atoms with Crippen LogP contribution < -0.4 is 10.8 Å². The summed E-state index contributed by atoms with van der Waals surface area (Å²) in [5, 5.41) is 21.9. The van der Waals surface area contributed by atoms with Gasteiger partial charge in [-0.1, -0.05) is 152 Å². The molecule has 6 aromatic rings. The minimum atomic E-state index is -0.632. The van der Waals surface area contributed by atoms with Crippen LogP contribution in [-0.4, -0.2) is 39.0 Å². The molecule has 3 atom stereocenters. The highest BCUT2D eigenvalue weighted by Gasteiger charge is 2.33. The van der Waals surface area contributed by atoms with Crippen LogP contribution in [0.25, 0.3) is 33.7 Å². The molecule has 1 fully saturated rings. The summed E-state index contributed by atoms with van der Waals surface area (Å²) in [4.78, 5) is 28.8. The largest absolute Gasteiger partial charge is 0.431 e. The number of carbonyl (C=O) groups excluding carboxylic acids is 2. The first-order valence-corrected chi connectivity index (χ1v) is 20.6. The lowest BCUT2D eigenvalue weighted by Gasteiger charge is -2.36. The van der Waals surface area contributed by atoms with Crippen molar-refractivity contribution in [2.45, 2.75) is 75.4 Å². The van der Waals surface area contributed by atoms with Gasteiger partial charge in [-0.05, 0) is 40.7 Å². The molecule has 0 radical (unpaired) electrons. The van der Waals surface area contributed by atoms with E-state index < -0.39 is 12.2 Å². The number of aliphatic hydroxyl groups is 1. The maximum atomic E-state index is 12.6. The lowest BCUT2D eigenvalue weighted by molar-refractivity contribution is -0.245. The van der Waals surface area contributed by atoms with E-state index in [1.54, 1.807) is 5.48 Å². The monoisotopic (exact) mass is 797 g/mol. The molecule has 0 spiro atoms. The van der Waals surface area contributed by atoms with E-state index in [2.05, 4.69) is 17.4 Å². The molecule has 11 heteroatoms. The van der Waals surface area contributed by atoms with Crippen molar-refractivity contribution in [2.75, 3.05) is 5.75 Å². The van der Waals surface area contributed by atoms with Crippen molar-refractivity contribution in [2.24, 2.45) is 0 Å². The Balaban J connectivity index is 1.05. The van der Waals surface area contributed by atoms with Crippen LogP contribution in [0.2, 0.25) is 0 Å². The number of nitrogens with one attached hydrogen (secondary N) is 2. The molecule has 0 bridgehead atoms. The molecule has 0 aliphatic carbocycles. The number of benzene rings is 5. The zero-order valence-corrected chi connectivity index (χ0v) is 32.9. The number of hydroxylamine groups is 1. The van der Waals surface area contributed by atoms with Gasteiger partial charge in [0.05, 0.1) is 18.8 Å². The van der Waals surface area contributed by atoms with E-state index in [1.807, 2.05) is 121 Å². The topological polar surface area (TPSA) is 143 Å². The maximum absolute atomic E-state index is 12.6. The van der Waals surface area contributed by atoms with Gasteiger partial charge in [0, 0.05) is 48.3 Å². The van der Waals surface area contributed by atoms with Crippen molar-refractivity contribution in [1.29, 1.82) is 0 Å². The van der Waals surface area contributed by atoms with Crippen molar-refractivity contribution >= 4 is 23.6 Å². The Morgan fingerprint density at radius 1 is 0.707 bits per heavy atom. The summed E-state index contributed by atoms with van der Waals surface area (Å²) in [6, 6.07) is 44.1. The Bertz CT molecular complexity index is 2170. The second kappa shape index (κ2) is 20.2. The number of unbranched alkanes of at least 4 members (excludes halogenated alkanes) is 2. The highest BCUT2D eigenvalue weighted by Crippen LogP contribution is 2.41. The molecular weight excluding hydrogens is 751 g/mol. The van der Waals surface area contributed by atoms with E-state index in [1.165, 1.54) is 11.8 Å². The van der Waals surface area contributed by atoms with E-state index in [0.29, 0.717) is 43.2 Å². The van der Waals surface area contributed by atoms with Crippen molar-refractivity contribution in [3.8, 4) is 33.7 Å². The summed E-state index contributed by atoms with van der Waals surface area (Å²) < 4.78 is 19.7. The fourth-order valence-corrected chi connectivity index (χ4v) is 7.83. The minimum Gasteiger partial charge on any atom is -0.431 e. The van der Waals surface area contributed by atoms with Gasteiger partial charge >= 0.3 is 0 Å². The fraction of sp³-hybridized carbons (Fsp3) is 0.255. The Labute approximate surface area is 342 Å². The minimum absolute atomic E-state index is 0.0280. The molecule has 1 saturated heterocycles. The summed E-state index contributed by atoms with van der Waals surface area (Å²) in [7, 11) is 0. The van der Waals surface area contributed by atoms with Gasteiger partial charge in [-0.2, -0.15) is 0 Å². The number of oxazole rings is 1. The SMILES string of the molecule is O=C(CCCCCC(=O)NCc1ccccc1-c1ccc([C@H]2O[C@@H](CSc3nc(-c4ccccc4)c(-c4ccccc4)o3)C[C@@H](c3ccc(CO)cc3)O2)cc1)NO. The second-order valence-corrected chi connectivity index (χ2v) is 15.2. The van der Waals surface area contributed by atoms with Crippen LogP contribution in [0, 0.1) is 0 Å². The number of thioether (sulfide) groups is 1. The zero-order valence-electron chi connectivity index (χ0n) is 32.1. The molecule has 58 heavy (non-hydrogen) atoms. The van der Waals surface area contributed by atoms with E-state index >= 15 is 0 Å². The summed E-state index contributed by atoms with van der Waals surface area (Å²) >= 11 is 1.52. The number of carbonyl (C=O) groups is 2. The van der Waals surface area contributed by atoms with Crippen LogP contribution in [0.15, 0.2) is 143 Å². The van der Waals surface area contributed by atoms with Crippen LogP contribution >= 0.6 is 11.8 Å². The van der Waals surface area contributed by atoms with E-state index in [4.69, 9.17) is 24.1 Å². The van der Waals surface area contributed by atoms with Crippen molar-refractivity contribution in [3.05, 3.63) is 156 Å². The molecule has 1 aromatic heterocycles. The predicted octanol–water partition coefficient (Wildman–Crippen LogP) is 9.58. The maximum Gasteiger partial charge on any atom is 0.256 e. The van der Waals surface area contributed by atoms with Crippen LogP contribution in [-0.2, 0) is 32.2 Å². The molecule has 10 nitrogen and oxygen atoms in total. The van der Waals surface area contributed by atoms with Crippen LogP contribution in [0.4, 0.5) is 0 Å². The molecule has 298 valence electrons. The third kappa shape index (κ3) is 10.7. The van der Waals surface area contributed by atoms with Crippen molar-refractivity contribution in [1.82, 2.24) is 15.8 Å². The van der Waals surface area contributed by atoms with Crippen LogP contribution in [0.3, 0.4) is 0 Å². The van der Waals surface area contributed by atoms with Crippen LogP contribution in [0.5, 0.6) is 0 Å². The van der Waals surface area contributed by atoms with Gasteiger partial charge in [0.1, 0.15) is 5.69 Å².